The number of unbranched alkanes of at least 4 members (excludes halogenated alkanes) is 1. The molecular formula is C15H22ClFN2. The SMILES string of the molecule is CCCCN(C1CC1)C(CN)c1cc(Cl)ccc1F. The van der Waals surface area contributed by atoms with E-state index in [9.17, 15) is 4.39 Å². The normalized spacial score (nSPS) is 16.9. The monoisotopic (exact) mass is 284 g/mol. The van der Waals surface area contributed by atoms with Crippen LogP contribution in [0, 0.1) is 5.82 Å². The number of hydrogen-bond acceptors (Lipinski definition) is 2. The molecule has 0 amide bonds. The number of benzene rings is 1. The Morgan fingerprint density at radius 1 is 1.47 bits per heavy atom. The lowest BCUT2D eigenvalue weighted by Gasteiger charge is -2.31. The van der Waals surface area contributed by atoms with Gasteiger partial charge in [-0.1, -0.05) is 24.9 Å². The smallest absolute Gasteiger partial charge is 0.128 e. The molecule has 0 heterocycles. The Kier molecular flexibility index (Phi) is 5.20. The highest BCUT2D eigenvalue weighted by atomic mass is 35.5. The molecule has 1 aliphatic rings. The van der Waals surface area contributed by atoms with Crippen molar-refractivity contribution >= 4 is 11.6 Å². The molecule has 4 heteroatoms. The number of rotatable bonds is 7. The maximum atomic E-state index is 14.0. The van der Waals surface area contributed by atoms with E-state index in [1.807, 2.05) is 0 Å². The average molecular weight is 285 g/mol. The highest BCUT2D eigenvalue weighted by Crippen LogP contribution is 2.35. The topological polar surface area (TPSA) is 29.3 Å². The van der Waals surface area contributed by atoms with E-state index in [0.717, 1.165) is 19.4 Å². The second kappa shape index (κ2) is 6.69. The zero-order valence-corrected chi connectivity index (χ0v) is 12.2. The Morgan fingerprint density at radius 2 is 2.21 bits per heavy atom. The summed E-state index contributed by atoms with van der Waals surface area (Å²) in [5.74, 6) is -0.206. The van der Waals surface area contributed by atoms with Crippen LogP contribution in [0.2, 0.25) is 5.02 Å². The number of nitrogens with zero attached hydrogens (tertiary/aromatic N) is 1. The average Bonchev–Trinajstić information content (AvgIpc) is 3.22. The van der Waals surface area contributed by atoms with Crippen molar-refractivity contribution in [1.29, 1.82) is 0 Å². The third kappa shape index (κ3) is 3.68. The summed E-state index contributed by atoms with van der Waals surface area (Å²) in [6.07, 6.45) is 4.65. The Morgan fingerprint density at radius 3 is 2.79 bits per heavy atom. The van der Waals surface area contributed by atoms with Crippen LogP contribution < -0.4 is 5.73 Å². The predicted molar refractivity (Wildman–Crippen MR) is 77.8 cm³/mol. The van der Waals surface area contributed by atoms with E-state index in [-0.39, 0.29) is 11.9 Å². The fourth-order valence-electron chi connectivity index (χ4n) is 2.55. The maximum Gasteiger partial charge on any atom is 0.128 e. The van der Waals surface area contributed by atoms with Crippen LogP contribution in [0.25, 0.3) is 0 Å². The van der Waals surface area contributed by atoms with Gasteiger partial charge in [0.2, 0.25) is 0 Å². The van der Waals surface area contributed by atoms with Gasteiger partial charge >= 0.3 is 0 Å². The Labute approximate surface area is 119 Å². The third-order valence-corrected chi connectivity index (χ3v) is 3.96. The largest absolute Gasteiger partial charge is 0.329 e. The Bertz CT molecular complexity index is 421. The van der Waals surface area contributed by atoms with Crippen LogP contribution in [0.5, 0.6) is 0 Å². The van der Waals surface area contributed by atoms with Gasteiger partial charge in [-0.2, -0.15) is 0 Å². The quantitative estimate of drug-likeness (QED) is 0.826. The van der Waals surface area contributed by atoms with Gasteiger partial charge in [0, 0.05) is 23.2 Å². The van der Waals surface area contributed by atoms with Crippen molar-refractivity contribution in [3.63, 3.8) is 0 Å². The summed E-state index contributed by atoms with van der Waals surface area (Å²) < 4.78 is 14.0. The molecular weight excluding hydrogens is 263 g/mol. The van der Waals surface area contributed by atoms with Gasteiger partial charge in [-0.3, -0.25) is 4.90 Å². The van der Waals surface area contributed by atoms with Crippen LogP contribution in [-0.2, 0) is 0 Å². The van der Waals surface area contributed by atoms with Crippen molar-refractivity contribution < 1.29 is 4.39 Å². The second-order valence-electron chi connectivity index (χ2n) is 5.24. The van der Waals surface area contributed by atoms with Crippen LogP contribution in [0.3, 0.4) is 0 Å². The zero-order valence-electron chi connectivity index (χ0n) is 11.4. The van der Waals surface area contributed by atoms with Gasteiger partial charge in [-0.25, -0.2) is 4.39 Å². The van der Waals surface area contributed by atoms with Crippen LogP contribution in [-0.4, -0.2) is 24.0 Å². The molecule has 0 bridgehead atoms. The van der Waals surface area contributed by atoms with Gasteiger partial charge in [-0.05, 0) is 44.0 Å². The van der Waals surface area contributed by atoms with Gasteiger partial charge in [0.1, 0.15) is 5.82 Å². The summed E-state index contributed by atoms with van der Waals surface area (Å²) in [6.45, 7) is 3.58. The first-order valence-electron chi connectivity index (χ1n) is 7.08. The van der Waals surface area contributed by atoms with Gasteiger partial charge in [-0.15, -0.1) is 0 Å². The Balaban J connectivity index is 2.22. The van der Waals surface area contributed by atoms with E-state index >= 15 is 0 Å². The van der Waals surface area contributed by atoms with Crippen molar-refractivity contribution in [2.45, 2.75) is 44.7 Å². The summed E-state index contributed by atoms with van der Waals surface area (Å²) in [4.78, 5) is 2.36. The van der Waals surface area contributed by atoms with Crippen molar-refractivity contribution in [1.82, 2.24) is 4.90 Å². The van der Waals surface area contributed by atoms with Gasteiger partial charge < -0.3 is 5.73 Å². The van der Waals surface area contributed by atoms with E-state index in [1.54, 1.807) is 12.1 Å². The molecule has 1 unspecified atom stereocenters. The van der Waals surface area contributed by atoms with E-state index in [2.05, 4.69) is 11.8 Å². The molecule has 0 saturated heterocycles. The standard InChI is InChI=1S/C15H22ClFN2/c1-2-3-8-19(12-5-6-12)15(10-18)13-9-11(16)4-7-14(13)17/h4,7,9,12,15H,2-3,5-6,8,10,18H2,1H3. The molecule has 0 aromatic heterocycles. The molecule has 1 saturated carbocycles. The summed E-state index contributed by atoms with van der Waals surface area (Å²) in [5.41, 5.74) is 6.55. The fourth-order valence-corrected chi connectivity index (χ4v) is 2.73. The van der Waals surface area contributed by atoms with Gasteiger partial charge in [0.25, 0.3) is 0 Å². The predicted octanol–water partition coefficient (Wildman–Crippen LogP) is 3.74. The van der Waals surface area contributed by atoms with Gasteiger partial charge in [0.05, 0.1) is 6.04 Å². The summed E-state index contributed by atoms with van der Waals surface area (Å²) >= 11 is 6.00. The first-order chi connectivity index (χ1) is 9.17. The molecule has 2 N–H and O–H groups in total. The minimum absolute atomic E-state index is 0.0576. The number of halogens is 2. The minimum Gasteiger partial charge on any atom is -0.329 e. The van der Waals surface area contributed by atoms with Crippen molar-refractivity contribution in [2.75, 3.05) is 13.1 Å². The third-order valence-electron chi connectivity index (χ3n) is 3.73. The highest BCUT2D eigenvalue weighted by Gasteiger charge is 2.34. The molecule has 1 fully saturated rings. The molecule has 1 atom stereocenters. The van der Waals surface area contributed by atoms with Crippen LogP contribution >= 0.6 is 11.6 Å². The van der Waals surface area contributed by atoms with E-state index in [4.69, 9.17) is 17.3 Å². The van der Waals surface area contributed by atoms with Crippen LogP contribution in [0.15, 0.2) is 18.2 Å². The molecule has 0 aliphatic heterocycles. The van der Waals surface area contributed by atoms with Crippen molar-refractivity contribution in [3.05, 3.63) is 34.6 Å². The van der Waals surface area contributed by atoms with Crippen molar-refractivity contribution in [3.8, 4) is 0 Å². The highest BCUT2D eigenvalue weighted by molar-refractivity contribution is 6.30. The molecule has 1 aromatic rings. The first-order valence-corrected chi connectivity index (χ1v) is 7.46. The summed E-state index contributed by atoms with van der Waals surface area (Å²) in [6, 6.07) is 5.25. The molecule has 0 radical (unpaired) electrons. The second-order valence-corrected chi connectivity index (χ2v) is 5.68. The lowest BCUT2D eigenvalue weighted by Crippen LogP contribution is -2.36. The lowest BCUT2D eigenvalue weighted by molar-refractivity contribution is 0.184. The number of hydrogen-bond donors (Lipinski definition) is 1. The molecule has 0 spiro atoms. The van der Waals surface area contributed by atoms with Crippen LogP contribution in [0.4, 0.5) is 4.39 Å². The summed E-state index contributed by atoms with van der Waals surface area (Å²) in [7, 11) is 0. The zero-order chi connectivity index (χ0) is 13.8. The molecule has 2 rings (SSSR count). The molecule has 2 nitrogen and oxygen atoms in total. The molecule has 106 valence electrons. The van der Waals surface area contributed by atoms with Crippen LogP contribution in [0.1, 0.15) is 44.2 Å². The number of nitrogens with two attached hydrogens (primary N) is 1. The molecule has 1 aromatic carbocycles. The minimum atomic E-state index is -0.206. The van der Waals surface area contributed by atoms with Gasteiger partial charge in [0.15, 0.2) is 0 Å². The van der Waals surface area contributed by atoms with E-state index < -0.39 is 0 Å². The summed E-state index contributed by atoms with van der Waals surface area (Å²) in [5, 5.41) is 0.570. The Hall–Kier alpha value is -0.640. The molecule has 1 aliphatic carbocycles. The first kappa shape index (κ1) is 14.8. The maximum absolute atomic E-state index is 14.0. The lowest BCUT2D eigenvalue weighted by atomic mass is 10.0. The fraction of sp³-hybridized carbons (Fsp3) is 0.600. The van der Waals surface area contributed by atoms with E-state index in [1.165, 1.54) is 18.9 Å². The molecule has 19 heavy (non-hydrogen) atoms. The van der Waals surface area contributed by atoms with Crippen molar-refractivity contribution in [2.24, 2.45) is 5.73 Å². The van der Waals surface area contributed by atoms with E-state index in [0.29, 0.717) is 23.2 Å².